The lowest BCUT2D eigenvalue weighted by Gasteiger charge is -2.26. The molecule has 182 valence electrons. The van der Waals surface area contributed by atoms with Gasteiger partial charge in [0.2, 0.25) is 11.8 Å². The summed E-state index contributed by atoms with van der Waals surface area (Å²) in [7, 11) is 1.49. The second-order valence-corrected chi connectivity index (χ2v) is 8.37. The largest absolute Gasteiger partial charge is 0.479 e. The normalized spacial score (nSPS) is 19.6. The van der Waals surface area contributed by atoms with Crippen LogP contribution in [0.5, 0.6) is 5.88 Å². The van der Waals surface area contributed by atoms with Crippen molar-refractivity contribution in [2.75, 3.05) is 17.7 Å². The van der Waals surface area contributed by atoms with Gasteiger partial charge in [0.1, 0.15) is 17.2 Å². The van der Waals surface area contributed by atoms with Crippen molar-refractivity contribution in [2.24, 2.45) is 5.11 Å². The van der Waals surface area contributed by atoms with E-state index in [1.54, 1.807) is 22.8 Å². The van der Waals surface area contributed by atoms with Crippen LogP contribution in [0.25, 0.3) is 16.6 Å². The van der Waals surface area contributed by atoms with Gasteiger partial charge >= 0.3 is 6.18 Å². The Morgan fingerprint density at radius 3 is 2.62 bits per heavy atom. The number of alkyl halides is 3. The van der Waals surface area contributed by atoms with Crippen molar-refractivity contribution in [3.63, 3.8) is 0 Å². The molecule has 3 aromatic rings. The molecule has 9 nitrogen and oxygen atoms in total. The van der Waals surface area contributed by atoms with Gasteiger partial charge in [0.05, 0.1) is 18.9 Å². The second-order valence-electron chi connectivity index (χ2n) is 8.37. The molecule has 2 heterocycles. The van der Waals surface area contributed by atoms with E-state index in [9.17, 15) is 18.3 Å². The summed E-state index contributed by atoms with van der Waals surface area (Å²) in [5.74, 6) is 0.693. The summed E-state index contributed by atoms with van der Waals surface area (Å²) in [5.41, 5.74) is 9.29. The Morgan fingerprint density at radius 2 is 1.97 bits per heavy atom. The van der Waals surface area contributed by atoms with Crippen molar-refractivity contribution in [2.45, 2.75) is 57.0 Å². The highest BCUT2D eigenvalue weighted by molar-refractivity contribution is 5.87. The average molecular weight is 477 g/mol. The summed E-state index contributed by atoms with van der Waals surface area (Å²) in [5, 5.41) is 23.3. The number of ether oxygens (including phenoxy) is 1. The lowest BCUT2D eigenvalue weighted by atomic mass is 9.93. The van der Waals surface area contributed by atoms with Crippen LogP contribution in [0.15, 0.2) is 35.6 Å². The van der Waals surface area contributed by atoms with Crippen molar-refractivity contribution in [1.29, 1.82) is 5.53 Å². The molecule has 0 unspecified atom stereocenters. The predicted octanol–water partition coefficient (Wildman–Crippen LogP) is 5.15. The number of halogens is 3. The fraction of sp³-hybridized carbons (Fsp3) is 0.455. The van der Waals surface area contributed by atoms with Crippen LogP contribution in [0.4, 0.5) is 30.5 Å². The molecule has 12 heteroatoms. The predicted molar refractivity (Wildman–Crippen MR) is 121 cm³/mol. The van der Waals surface area contributed by atoms with Crippen LogP contribution in [0.1, 0.15) is 32.6 Å². The Kier molecular flexibility index (Phi) is 6.60. The van der Waals surface area contributed by atoms with Gasteiger partial charge in [0, 0.05) is 17.8 Å². The van der Waals surface area contributed by atoms with Gasteiger partial charge in [-0.1, -0.05) is 6.07 Å². The van der Waals surface area contributed by atoms with Crippen molar-refractivity contribution in [3.05, 3.63) is 30.5 Å². The summed E-state index contributed by atoms with van der Waals surface area (Å²) in [6.07, 6.45) is 0.0515. The zero-order chi connectivity index (χ0) is 24.5. The monoisotopic (exact) mass is 477 g/mol. The van der Waals surface area contributed by atoms with E-state index in [-0.39, 0.29) is 23.5 Å². The molecule has 1 fully saturated rings. The van der Waals surface area contributed by atoms with E-state index in [2.05, 4.69) is 25.8 Å². The van der Waals surface area contributed by atoms with E-state index in [0.717, 1.165) is 19.8 Å². The number of aromatic nitrogens is 3. The van der Waals surface area contributed by atoms with Crippen LogP contribution in [0.3, 0.4) is 0 Å². The quantitative estimate of drug-likeness (QED) is 0.350. The number of methoxy groups -OCH3 is 1. The number of rotatable bonds is 7. The third kappa shape index (κ3) is 4.91. The number of fused-ring (bicyclic) bond motifs is 1. The van der Waals surface area contributed by atoms with E-state index in [4.69, 9.17) is 10.3 Å². The van der Waals surface area contributed by atoms with Crippen molar-refractivity contribution < 1.29 is 23.0 Å². The summed E-state index contributed by atoms with van der Waals surface area (Å²) in [4.78, 5) is 4.49. The number of nitrogens with zero attached hydrogens (tertiary/aromatic N) is 4. The van der Waals surface area contributed by atoms with Crippen LogP contribution in [0.2, 0.25) is 0 Å². The molecule has 0 radical (unpaired) electrons. The van der Waals surface area contributed by atoms with Crippen LogP contribution in [-0.2, 0) is 0 Å². The molecule has 4 rings (SSSR count). The SMILES string of the molecule is COc1nc(NC2CCC(O)CC2)nn2ccc(-c3ccc(N=N)c(N[C@@H](C)C(F)(F)F)c3)c12. The average Bonchev–Trinajstić information content (AvgIpc) is 3.23. The maximum Gasteiger partial charge on any atom is 0.408 e. The van der Waals surface area contributed by atoms with Gasteiger partial charge < -0.3 is 20.5 Å². The number of hydrogen-bond donors (Lipinski definition) is 4. The first-order valence-electron chi connectivity index (χ1n) is 10.9. The lowest BCUT2D eigenvalue weighted by molar-refractivity contribution is -0.138. The molecule has 34 heavy (non-hydrogen) atoms. The van der Waals surface area contributed by atoms with Gasteiger partial charge in [-0.3, -0.25) is 0 Å². The van der Waals surface area contributed by atoms with Gasteiger partial charge in [-0.05, 0) is 56.4 Å². The topological polar surface area (TPSA) is 120 Å². The zero-order valence-corrected chi connectivity index (χ0v) is 18.7. The fourth-order valence-electron chi connectivity index (χ4n) is 4.06. The van der Waals surface area contributed by atoms with Crippen molar-refractivity contribution >= 4 is 22.8 Å². The number of nitrogens with one attached hydrogen (secondary N) is 3. The molecule has 1 atom stereocenters. The Morgan fingerprint density at radius 1 is 1.24 bits per heavy atom. The Bertz CT molecular complexity index is 1170. The second kappa shape index (κ2) is 9.45. The standard InChI is InChI=1S/C22H26F3N7O2/c1-12(22(23,24)25)27-18-11-13(3-8-17(18)30-26)16-9-10-32-19(16)20(34-2)29-21(31-32)28-14-4-6-15(33)7-5-14/h3,8-12,14-15,26-27,33H,4-7H2,1-2H3,(H,28,31)/t12-,14?,15?/m0/s1. The van der Waals surface area contributed by atoms with Crippen molar-refractivity contribution in [3.8, 4) is 17.0 Å². The summed E-state index contributed by atoms with van der Waals surface area (Å²) in [6.45, 7) is 1.01. The smallest absolute Gasteiger partial charge is 0.408 e. The molecule has 4 N–H and O–H groups in total. The molecule has 0 bridgehead atoms. The number of hydrogen-bond acceptors (Lipinski definition) is 8. The van der Waals surface area contributed by atoms with E-state index < -0.39 is 12.2 Å². The van der Waals surface area contributed by atoms with Crippen LogP contribution < -0.4 is 15.4 Å². The molecule has 2 aromatic heterocycles. The van der Waals surface area contributed by atoms with Crippen LogP contribution in [0, 0.1) is 5.53 Å². The third-order valence-electron chi connectivity index (χ3n) is 5.99. The highest BCUT2D eigenvalue weighted by Gasteiger charge is 2.36. The molecular weight excluding hydrogens is 451 g/mol. The molecule has 1 saturated carbocycles. The van der Waals surface area contributed by atoms with Gasteiger partial charge in [0.15, 0.2) is 0 Å². The fourth-order valence-corrected chi connectivity index (χ4v) is 4.06. The summed E-state index contributed by atoms with van der Waals surface area (Å²) in [6, 6.07) is 4.77. The van der Waals surface area contributed by atoms with E-state index >= 15 is 0 Å². The van der Waals surface area contributed by atoms with Gasteiger partial charge in [0.25, 0.3) is 0 Å². The molecule has 0 saturated heterocycles. The first kappa shape index (κ1) is 23.7. The number of aliphatic hydroxyl groups is 1. The first-order chi connectivity index (χ1) is 16.2. The summed E-state index contributed by atoms with van der Waals surface area (Å²) < 4.78 is 46.4. The molecule has 1 aliphatic rings. The molecule has 0 amide bonds. The Balaban J connectivity index is 1.68. The minimum Gasteiger partial charge on any atom is -0.479 e. The molecule has 1 aliphatic carbocycles. The van der Waals surface area contributed by atoms with Gasteiger partial charge in [-0.15, -0.1) is 5.10 Å². The molecule has 1 aromatic carbocycles. The van der Waals surface area contributed by atoms with Gasteiger partial charge in [-0.25, -0.2) is 10.0 Å². The number of benzene rings is 1. The number of aliphatic hydroxyl groups excluding tert-OH is 1. The summed E-state index contributed by atoms with van der Waals surface area (Å²) >= 11 is 0. The highest BCUT2D eigenvalue weighted by atomic mass is 19.4. The maximum absolute atomic E-state index is 13.1. The molecule has 0 spiro atoms. The van der Waals surface area contributed by atoms with Gasteiger partial charge in [-0.2, -0.15) is 23.3 Å². The van der Waals surface area contributed by atoms with Crippen molar-refractivity contribution in [1.82, 2.24) is 14.6 Å². The molecular formula is C22H26F3N7O2. The van der Waals surface area contributed by atoms with E-state index in [1.807, 2.05) is 0 Å². The van der Waals surface area contributed by atoms with E-state index in [0.29, 0.717) is 41.3 Å². The zero-order valence-electron chi connectivity index (χ0n) is 18.7. The minimum atomic E-state index is -4.45. The maximum atomic E-state index is 13.1. The Labute approximate surface area is 193 Å². The number of anilines is 2. The lowest BCUT2D eigenvalue weighted by Crippen LogP contribution is -2.33. The van der Waals surface area contributed by atoms with Crippen LogP contribution in [-0.4, -0.2) is 51.2 Å². The minimum absolute atomic E-state index is 0.0920. The van der Waals surface area contributed by atoms with E-state index in [1.165, 1.54) is 19.2 Å². The highest BCUT2D eigenvalue weighted by Crippen LogP contribution is 2.37. The first-order valence-corrected chi connectivity index (χ1v) is 10.9. The third-order valence-corrected chi connectivity index (χ3v) is 5.99. The Hall–Kier alpha value is -3.41. The molecule has 0 aliphatic heterocycles. The van der Waals surface area contributed by atoms with Crippen LogP contribution >= 0.6 is 0 Å².